The van der Waals surface area contributed by atoms with E-state index in [-0.39, 0.29) is 19.8 Å². The Morgan fingerprint density at radius 3 is 2.03 bits per heavy atom. The van der Waals surface area contributed by atoms with Gasteiger partial charge in [0.2, 0.25) is 12.2 Å². The highest BCUT2D eigenvalue weighted by atomic mass is 16.7. The summed E-state index contributed by atoms with van der Waals surface area (Å²) < 4.78 is 23.5. The molecule has 2 heterocycles. The van der Waals surface area contributed by atoms with Crippen molar-refractivity contribution in [3.05, 3.63) is 35.5 Å². The van der Waals surface area contributed by atoms with Crippen molar-refractivity contribution >= 4 is 23.8 Å². The first kappa shape index (κ1) is 28.7. The zero-order valence-electron chi connectivity index (χ0n) is 21.3. The fourth-order valence-electron chi connectivity index (χ4n) is 4.17. The van der Waals surface area contributed by atoms with Crippen molar-refractivity contribution in [2.75, 3.05) is 0 Å². The third-order valence-electron chi connectivity index (χ3n) is 5.52. The molecule has 1 aromatic heterocycles. The number of nitrogens with one attached hydrogen (secondary N) is 1. The molecule has 1 aliphatic rings. The van der Waals surface area contributed by atoms with E-state index in [2.05, 4.69) is 15.6 Å². The Labute approximate surface area is 217 Å². The van der Waals surface area contributed by atoms with Gasteiger partial charge in [0, 0.05) is 33.3 Å². The van der Waals surface area contributed by atoms with Crippen molar-refractivity contribution in [1.29, 1.82) is 0 Å². The summed E-state index contributed by atoms with van der Waals surface area (Å²) in [5, 5.41) is 29.8. The predicted octanol–water partition coefficient (Wildman–Crippen LogP) is -0.414. The first-order valence-corrected chi connectivity index (χ1v) is 11.7. The molecule has 0 bridgehead atoms. The highest BCUT2D eigenvalue weighted by Gasteiger charge is 2.52. The van der Waals surface area contributed by atoms with Gasteiger partial charge >= 0.3 is 17.9 Å². The van der Waals surface area contributed by atoms with Gasteiger partial charge in [0.25, 0.3) is 0 Å². The molecule has 1 saturated heterocycles. The molecule has 0 spiro atoms. The number of carbonyl (C=O) groups excluding carboxylic acids is 4. The van der Waals surface area contributed by atoms with Crippen LogP contribution in [0.25, 0.3) is 11.3 Å². The molecular weight excluding hydrogens is 504 g/mol. The van der Waals surface area contributed by atoms with E-state index < -0.39 is 54.5 Å². The molecule has 14 heteroatoms. The third kappa shape index (κ3) is 7.34. The monoisotopic (exact) mass is 534 g/mol. The van der Waals surface area contributed by atoms with Gasteiger partial charge in [0.15, 0.2) is 12.2 Å². The number of benzene rings is 1. The van der Waals surface area contributed by atoms with E-state index in [1.54, 1.807) is 24.4 Å². The summed E-state index contributed by atoms with van der Waals surface area (Å²) in [4.78, 5) is 47.6. The fourth-order valence-corrected chi connectivity index (χ4v) is 4.17. The van der Waals surface area contributed by atoms with Crippen LogP contribution in [0.3, 0.4) is 0 Å². The second-order valence-electron chi connectivity index (χ2n) is 8.71. The van der Waals surface area contributed by atoms with Crippen LogP contribution in [0.2, 0.25) is 0 Å². The van der Waals surface area contributed by atoms with Gasteiger partial charge < -0.3 is 34.5 Å². The van der Waals surface area contributed by atoms with Crippen LogP contribution in [-0.2, 0) is 57.9 Å². The van der Waals surface area contributed by atoms with Crippen molar-refractivity contribution in [2.24, 2.45) is 0 Å². The molecule has 206 valence electrons. The second kappa shape index (κ2) is 12.6. The standard InChI is InChI=1S/C24H30N4O10/c1-12(31)25-21-23(36-14(3)33)22(35-13(2)32)20(38-24(21)37-15(4)34)9-28-8-19(26-27-28)18-6-16(10-29)5-17(7-18)11-30/h5-8,20-24,29-30H,9-11H2,1-4H3,(H,25,31)/t20?,21-,22+,23?,24+/m0/s1. The summed E-state index contributed by atoms with van der Waals surface area (Å²) in [7, 11) is 0. The number of amides is 1. The second-order valence-corrected chi connectivity index (χ2v) is 8.71. The topological polar surface area (TPSA) is 188 Å². The number of nitrogens with zero attached hydrogens (tertiary/aromatic N) is 3. The Balaban J connectivity index is 1.97. The van der Waals surface area contributed by atoms with Gasteiger partial charge in [-0.15, -0.1) is 5.10 Å². The van der Waals surface area contributed by atoms with Crippen LogP contribution in [0.5, 0.6) is 0 Å². The molecule has 5 atom stereocenters. The van der Waals surface area contributed by atoms with Gasteiger partial charge in [-0.3, -0.25) is 19.2 Å². The van der Waals surface area contributed by atoms with E-state index in [0.717, 1.165) is 20.8 Å². The molecule has 38 heavy (non-hydrogen) atoms. The Hall–Kier alpha value is -3.88. The zero-order chi connectivity index (χ0) is 28.0. The Kier molecular flexibility index (Phi) is 9.50. The smallest absolute Gasteiger partial charge is 0.305 e. The normalized spacial score (nSPS) is 22.8. The van der Waals surface area contributed by atoms with E-state index in [9.17, 15) is 29.4 Å². The molecule has 1 aromatic carbocycles. The SMILES string of the molecule is CC(=O)N[C@H]1C(OC(C)=O)[C@H](OC(C)=O)C(Cn2cc(-c3cc(CO)cc(CO)c3)nn2)O[C@H]1OC(C)=O. The summed E-state index contributed by atoms with van der Waals surface area (Å²) in [6.07, 6.45) is -3.35. The minimum Gasteiger partial charge on any atom is -0.456 e. The lowest BCUT2D eigenvalue weighted by Gasteiger charge is -2.44. The first-order valence-electron chi connectivity index (χ1n) is 11.7. The molecule has 1 amide bonds. The van der Waals surface area contributed by atoms with Crippen molar-refractivity contribution in [1.82, 2.24) is 20.3 Å². The lowest BCUT2D eigenvalue weighted by molar-refractivity contribution is -0.267. The van der Waals surface area contributed by atoms with Crippen LogP contribution in [-0.4, -0.2) is 79.7 Å². The van der Waals surface area contributed by atoms with Crippen molar-refractivity contribution in [2.45, 2.75) is 78.1 Å². The summed E-state index contributed by atoms with van der Waals surface area (Å²) in [5.41, 5.74) is 2.15. The average molecular weight is 535 g/mol. The van der Waals surface area contributed by atoms with E-state index in [0.29, 0.717) is 22.4 Å². The Morgan fingerprint density at radius 2 is 1.50 bits per heavy atom. The van der Waals surface area contributed by atoms with E-state index in [4.69, 9.17) is 18.9 Å². The number of aromatic nitrogens is 3. The van der Waals surface area contributed by atoms with Crippen LogP contribution in [0.1, 0.15) is 38.8 Å². The minimum atomic E-state index is -1.38. The Bertz CT molecular complexity index is 1160. The molecule has 0 saturated carbocycles. The number of carbonyl (C=O) groups is 4. The molecule has 3 N–H and O–H groups in total. The van der Waals surface area contributed by atoms with Gasteiger partial charge in [-0.2, -0.15) is 0 Å². The molecule has 1 aliphatic heterocycles. The van der Waals surface area contributed by atoms with Crippen LogP contribution in [0.15, 0.2) is 24.4 Å². The first-order chi connectivity index (χ1) is 18.0. The van der Waals surface area contributed by atoms with Crippen LogP contribution in [0, 0.1) is 0 Å². The quantitative estimate of drug-likeness (QED) is 0.279. The number of aliphatic hydroxyl groups excluding tert-OH is 2. The van der Waals surface area contributed by atoms with Gasteiger partial charge in [-0.25, -0.2) is 4.68 Å². The van der Waals surface area contributed by atoms with Crippen LogP contribution in [0.4, 0.5) is 0 Å². The van der Waals surface area contributed by atoms with Gasteiger partial charge in [0.1, 0.15) is 17.8 Å². The number of hydrogen-bond acceptors (Lipinski definition) is 12. The maximum Gasteiger partial charge on any atom is 0.305 e. The average Bonchev–Trinajstić information content (AvgIpc) is 3.30. The molecule has 0 aliphatic carbocycles. The van der Waals surface area contributed by atoms with Crippen LogP contribution < -0.4 is 5.32 Å². The summed E-state index contributed by atoms with van der Waals surface area (Å²) in [5.74, 6) is -2.68. The minimum absolute atomic E-state index is 0.0835. The number of ether oxygens (including phenoxy) is 4. The fraction of sp³-hybridized carbons (Fsp3) is 0.500. The van der Waals surface area contributed by atoms with Gasteiger partial charge in [-0.05, 0) is 23.3 Å². The number of rotatable bonds is 9. The Morgan fingerprint density at radius 1 is 0.921 bits per heavy atom. The van der Waals surface area contributed by atoms with Gasteiger partial charge in [0.05, 0.1) is 26.0 Å². The molecule has 3 rings (SSSR count). The molecule has 14 nitrogen and oxygen atoms in total. The maximum absolute atomic E-state index is 12.0. The van der Waals surface area contributed by atoms with Crippen molar-refractivity contribution in [3.8, 4) is 11.3 Å². The summed E-state index contributed by atoms with van der Waals surface area (Å²) in [6.45, 7) is 4.11. The maximum atomic E-state index is 12.0. The molecular formula is C24H30N4O10. The highest BCUT2D eigenvalue weighted by Crippen LogP contribution is 2.29. The molecule has 2 aromatic rings. The van der Waals surface area contributed by atoms with Crippen molar-refractivity contribution < 1.29 is 48.3 Å². The van der Waals surface area contributed by atoms with Crippen molar-refractivity contribution in [3.63, 3.8) is 0 Å². The zero-order valence-corrected chi connectivity index (χ0v) is 21.3. The molecule has 2 unspecified atom stereocenters. The number of hydrogen-bond donors (Lipinski definition) is 3. The largest absolute Gasteiger partial charge is 0.456 e. The number of esters is 3. The number of aliphatic hydroxyl groups is 2. The lowest BCUT2D eigenvalue weighted by atomic mass is 9.95. The predicted molar refractivity (Wildman–Crippen MR) is 126 cm³/mol. The molecule has 1 fully saturated rings. The lowest BCUT2D eigenvalue weighted by Crippen LogP contribution is -2.66. The van der Waals surface area contributed by atoms with E-state index >= 15 is 0 Å². The highest BCUT2D eigenvalue weighted by molar-refractivity contribution is 5.74. The van der Waals surface area contributed by atoms with E-state index in [1.807, 2.05) is 0 Å². The van der Waals surface area contributed by atoms with E-state index in [1.165, 1.54) is 11.6 Å². The summed E-state index contributed by atoms with van der Waals surface area (Å²) >= 11 is 0. The van der Waals surface area contributed by atoms with Gasteiger partial charge in [-0.1, -0.05) is 11.3 Å². The van der Waals surface area contributed by atoms with Crippen LogP contribution >= 0.6 is 0 Å². The third-order valence-corrected chi connectivity index (χ3v) is 5.52. The summed E-state index contributed by atoms with van der Waals surface area (Å²) in [6, 6.07) is 3.86. The molecule has 0 radical (unpaired) electrons.